The van der Waals surface area contributed by atoms with Gasteiger partial charge in [0.1, 0.15) is 28.8 Å². The summed E-state index contributed by atoms with van der Waals surface area (Å²) in [5.74, 6) is 1.27. The van der Waals surface area contributed by atoms with Gasteiger partial charge in [-0.15, -0.1) is 10.2 Å². The van der Waals surface area contributed by atoms with Gasteiger partial charge in [0.25, 0.3) is 8.32 Å². The first kappa shape index (κ1) is 31.6. The molecule has 5 aromatic rings. The summed E-state index contributed by atoms with van der Waals surface area (Å²) in [5, 5.41) is 19.3. The van der Waals surface area contributed by atoms with Crippen LogP contribution in [0.15, 0.2) is 79.3 Å². The second-order valence-electron chi connectivity index (χ2n) is 11.9. The Morgan fingerprint density at radius 3 is 2.25 bits per heavy atom. The van der Waals surface area contributed by atoms with E-state index in [2.05, 4.69) is 119 Å². The Kier molecular flexibility index (Phi) is 9.92. The van der Waals surface area contributed by atoms with E-state index in [0.29, 0.717) is 24.6 Å². The van der Waals surface area contributed by atoms with Crippen LogP contribution in [0.3, 0.4) is 0 Å². The number of methoxy groups -OCH3 is 1. The quantitative estimate of drug-likeness (QED) is 0.161. The van der Waals surface area contributed by atoms with E-state index in [0.717, 1.165) is 36.1 Å². The maximum Gasteiger partial charge on any atom is 0.261 e. The van der Waals surface area contributed by atoms with E-state index in [4.69, 9.17) is 20.8 Å². The first-order valence-electron chi connectivity index (χ1n) is 15.0. The minimum Gasteiger partial charge on any atom is -0.495 e. The molecule has 0 bridgehead atoms. The Labute approximate surface area is 265 Å². The molecule has 3 heterocycles. The van der Waals surface area contributed by atoms with Gasteiger partial charge in [-0.1, -0.05) is 106 Å². The lowest BCUT2D eigenvalue weighted by Crippen LogP contribution is -2.66. The molecule has 11 heteroatoms. The molecule has 9 nitrogen and oxygen atoms in total. The van der Waals surface area contributed by atoms with Crippen LogP contribution in [-0.4, -0.2) is 58.0 Å². The zero-order valence-electron chi connectivity index (χ0n) is 26.0. The van der Waals surface area contributed by atoms with Crippen molar-refractivity contribution in [3.05, 3.63) is 90.1 Å². The maximum absolute atomic E-state index is 7.20. The fourth-order valence-electron chi connectivity index (χ4n) is 5.90. The molecular weight excluding hydrogens is 590 g/mol. The third kappa shape index (κ3) is 6.62. The van der Waals surface area contributed by atoms with E-state index in [-0.39, 0.29) is 16.2 Å². The van der Waals surface area contributed by atoms with Crippen LogP contribution in [0, 0.1) is 0 Å². The van der Waals surface area contributed by atoms with Gasteiger partial charge in [-0.3, -0.25) is 4.68 Å². The summed E-state index contributed by atoms with van der Waals surface area (Å²) < 4.78 is 14.5. The Balaban J connectivity index is 1.41. The van der Waals surface area contributed by atoms with Crippen molar-refractivity contribution in [3.8, 4) is 5.75 Å². The molecule has 2 aromatic carbocycles. The third-order valence-corrected chi connectivity index (χ3v) is 13.2. The number of aromatic nitrogens is 6. The van der Waals surface area contributed by atoms with Gasteiger partial charge in [-0.25, -0.2) is 9.97 Å². The van der Waals surface area contributed by atoms with Crippen molar-refractivity contribution in [1.82, 2.24) is 29.9 Å². The van der Waals surface area contributed by atoms with E-state index in [1.807, 2.05) is 4.68 Å². The zero-order chi connectivity index (χ0) is 31.2. The van der Waals surface area contributed by atoms with Crippen LogP contribution in [0.4, 0.5) is 5.82 Å². The van der Waals surface area contributed by atoms with Gasteiger partial charge >= 0.3 is 0 Å². The highest BCUT2D eigenvalue weighted by Gasteiger charge is 2.50. The largest absolute Gasteiger partial charge is 0.495 e. The van der Waals surface area contributed by atoms with E-state index >= 15 is 0 Å². The Hall–Kier alpha value is -3.86. The first-order valence-corrected chi connectivity index (χ1v) is 17.3. The number of hydrogen-bond donors (Lipinski definition) is 1. The van der Waals surface area contributed by atoms with Gasteiger partial charge in [-0.05, 0) is 28.3 Å². The van der Waals surface area contributed by atoms with Crippen LogP contribution in [0.25, 0.3) is 11.0 Å². The topological polar surface area (TPSA) is 99.9 Å². The van der Waals surface area contributed by atoms with Crippen LogP contribution in [0.2, 0.25) is 10.2 Å². The minimum absolute atomic E-state index is 0.0830. The number of hydrogen-bond acceptors (Lipinski definition) is 8. The molecule has 3 aromatic heterocycles. The third-order valence-electron chi connectivity index (χ3n) is 7.93. The van der Waals surface area contributed by atoms with Gasteiger partial charge in [0.15, 0.2) is 11.0 Å². The van der Waals surface area contributed by atoms with Gasteiger partial charge in [0, 0.05) is 18.7 Å². The van der Waals surface area contributed by atoms with Crippen LogP contribution in [-0.2, 0) is 11.0 Å². The Bertz CT molecular complexity index is 1620. The molecule has 0 aliphatic carbocycles. The molecule has 1 atom stereocenters. The van der Waals surface area contributed by atoms with Crippen LogP contribution in [0.1, 0.15) is 52.7 Å². The highest BCUT2D eigenvalue weighted by atomic mass is 35.5. The molecule has 0 unspecified atom stereocenters. The highest BCUT2D eigenvalue weighted by molar-refractivity contribution is 6.99. The molecule has 44 heavy (non-hydrogen) atoms. The molecular formula is C33H40ClN7O2Si. The molecule has 1 N–H and O–H groups in total. The summed E-state index contributed by atoms with van der Waals surface area (Å²) in [7, 11) is -1.05. The fraction of sp³-hybridized carbons (Fsp3) is 0.364. The summed E-state index contributed by atoms with van der Waals surface area (Å²) >= 11 is 6.04. The zero-order valence-corrected chi connectivity index (χ0v) is 27.8. The van der Waals surface area contributed by atoms with E-state index in [1.54, 1.807) is 25.7 Å². The van der Waals surface area contributed by atoms with E-state index < -0.39 is 8.32 Å². The Morgan fingerprint density at radius 2 is 1.64 bits per heavy atom. The average Bonchev–Trinajstić information content (AvgIpc) is 3.44. The summed E-state index contributed by atoms with van der Waals surface area (Å²) in [6.45, 7) is 10.0. The molecule has 5 rings (SSSR count). The van der Waals surface area contributed by atoms with Crippen molar-refractivity contribution in [3.63, 3.8) is 0 Å². The van der Waals surface area contributed by atoms with Gasteiger partial charge in [0.2, 0.25) is 0 Å². The summed E-state index contributed by atoms with van der Waals surface area (Å²) in [6.07, 6.45) is 6.09. The molecule has 0 saturated heterocycles. The number of anilines is 1. The summed E-state index contributed by atoms with van der Waals surface area (Å²) in [4.78, 5) is 9.11. The molecule has 230 valence electrons. The number of nitrogens with zero attached hydrogens (tertiary/aromatic N) is 6. The second kappa shape index (κ2) is 13.8. The summed E-state index contributed by atoms with van der Waals surface area (Å²) in [5.41, 5.74) is 2.14. The van der Waals surface area contributed by atoms with Crippen molar-refractivity contribution < 1.29 is 9.16 Å². The normalized spacial score (nSPS) is 12.8. The number of benzene rings is 2. The molecule has 0 amide bonds. The van der Waals surface area contributed by atoms with Gasteiger partial charge < -0.3 is 14.5 Å². The number of nitrogens with one attached hydrogen (secondary N) is 1. The lowest BCUT2D eigenvalue weighted by molar-refractivity contribution is 0.281. The molecule has 0 fully saturated rings. The van der Waals surface area contributed by atoms with Crippen molar-refractivity contribution in [2.45, 2.75) is 64.6 Å². The standard InChI is InChI=1S/C33H40ClN7O2Si/c1-6-13-24(18-19-43-44(33(2,3)4,25-14-9-7-10-15-25)26-16-11-8-12-17-26)38-32-31-27(35-23-36-32)21-37-41(31)22-28-29(42-5)20-30(34)40-39-28/h7-12,14-17,20-21,23-24H,6,13,18-19,22H2,1-5H3,(H,35,36,38)/t24-/m0/s1. The number of rotatable bonds is 13. The van der Waals surface area contributed by atoms with Gasteiger partial charge in [-0.2, -0.15) is 5.10 Å². The summed E-state index contributed by atoms with van der Waals surface area (Å²) in [6, 6.07) is 23.3. The van der Waals surface area contributed by atoms with Crippen LogP contribution >= 0.6 is 11.6 Å². The predicted octanol–water partition coefficient (Wildman–Crippen LogP) is 5.87. The molecule has 0 saturated carbocycles. The monoisotopic (exact) mass is 629 g/mol. The van der Waals surface area contributed by atoms with Gasteiger partial charge in [0.05, 0.1) is 19.9 Å². The smallest absolute Gasteiger partial charge is 0.261 e. The van der Waals surface area contributed by atoms with E-state index in [9.17, 15) is 0 Å². The average molecular weight is 630 g/mol. The molecule has 0 aliphatic rings. The minimum atomic E-state index is -2.63. The molecule has 0 aliphatic heterocycles. The highest BCUT2D eigenvalue weighted by Crippen LogP contribution is 2.37. The van der Waals surface area contributed by atoms with E-state index in [1.165, 1.54) is 10.4 Å². The second-order valence-corrected chi connectivity index (χ2v) is 16.6. The van der Waals surface area contributed by atoms with Crippen molar-refractivity contribution in [2.75, 3.05) is 19.0 Å². The van der Waals surface area contributed by atoms with Crippen molar-refractivity contribution in [1.29, 1.82) is 0 Å². The fourth-order valence-corrected chi connectivity index (χ4v) is 10.6. The molecule has 0 spiro atoms. The van der Waals surface area contributed by atoms with Crippen LogP contribution < -0.4 is 20.4 Å². The van der Waals surface area contributed by atoms with Crippen molar-refractivity contribution >= 4 is 47.1 Å². The lowest BCUT2D eigenvalue weighted by Gasteiger charge is -2.43. The number of ether oxygens (including phenoxy) is 1. The van der Waals surface area contributed by atoms with Crippen LogP contribution in [0.5, 0.6) is 5.75 Å². The Morgan fingerprint density at radius 1 is 0.955 bits per heavy atom. The maximum atomic E-state index is 7.20. The SMILES string of the molecule is CCC[C@@H](CCO[Si](c1ccccc1)(c1ccccc1)C(C)(C)C)Nc1ncnc2cnn(Cc3nnc(Cl)cc3OC)c12. The first-order chi connectivity index (χ1) is 21.3. The molecule has 0 radical (unpaired) electrons. The predicted molar refractivity (Wildman–Crippen MR) is 179 cm³/mol. The lowest BCUT2D eigenvalue weighted by atomic mass is 10.1. The number of halogens is 1. The van der Waals surface area contributed by atoms with Crippen molar-refractivity contribution in [2.24, 2.45) is 0 Å². The number of fused-ring (bicyclic) bond motifs is 1.